The number of nitrogens with two attached hydrogens (primary N) is 1. The van der Waals surface area contributed by atoms with Crippen molar-refractivity contribution in [3.63, 3.8) is 0 Å². The molecule has 1 fully saturated rings. The number of likely N-dealkylation sites (N-methyl/N-ethyl adjacent to an activating group) is 1. The number of aromatic nitrogens is 3. The van der Waals surface area contributed by atoms with E-state index in [-0.39, 0.29) is 27.8 Å². The van der Waals surface area contributed by atoms with Gasteiger partial charge >= 0.3 is 6.18 Å². The molecule has 0 radical (unpaired) electrons. The molecule has 1 aliphatic heterocycles. The van der Waals surface area contributed by atoms with Crippen LogP contribution in [0.1, 0.15) is 31.0 Å². The molecule has 4 rings (SSSR count). The van der Waals surface area contributed by atoms with E-state index in [0.717, 1.165) is 31.8 Å². The molecule has 1 saturated heterocycles. The number of pyridine rings is 1. The van der Waals surface area contributed by atoms with E-state index in [1.165, 1.54) is 10.6 Å². The largest absolute Gasteiger partial charge is 0.416 e. The third-order valence-corrected chi connectivity index (χ3v) is 6.41. The molecule has 3 heterocycles. The lowest BCUT2D eigenvalue weighted by molar-refractivity contribution is -0.137. The Morgan fingerprint density at radius 2 is 1.80 bits per heavy atom. The second-order valence-electron chi connectivity index (χ2n) is 8.67. The van der Waals surface area contributed by atoms with Gasteiger partial charge in [0.25, 0.3) is 5.56 Å². The highest BCUT2D eigenvalue weighted by atomic mass is 19.4. The van der Waals surface area contributed by atoms with Crippen LogP contribution >= 0.6 is 0 Å². The van der Waals surface area contributed by atoms with Crippen molar-refractivity contribution in [2.75, 3.05) is 48.7 Å². The minimum absolute atomic E-state index is 0.0408. The minimum atomic E-state index is -4.56. The number of rotatable bonds is 5. The number of nitrogens with one attached hydrogen (secondary N) is 1. The summed E-state index contributed by atoms with van der Waals surface area (Å²) >= 11 is 0. The maximum atomic E-state index is 14.6. The van der Waals surface area contributed by atoms with Crippen LogP contribution < -0.4 is 21.5 Å². The second-order valence-corrected chi connectivity index (χ2v) is 8.67. The quantitative estimate of drug-likeness (QED) is 0.416. The molecule has 35 heavy (non-hydrogen) atoms. The third-order valence-electron chi connectivity index (χ3n) is 6.41. The number of anilines is 3. The number of hydrogen-bond donors (Lipinski definition) is 2. The molecule has 0 spiro atoms. The Bertz CT molecular complexity index is 1300. The molecule has 3 aromatic rings. The van der Waals surface area contributed by atoms with E-state index in [2.05, 4.69) is 27.3 Å². The Kier molecular flexibility index (Phi) is 6.58. The number of nitrogens with zero attached hydrogens (tertiary/aromatic N) is 5. The second kappa shape index (κ2) is 9.33. The van der Waals surface area contributed by atoms with Gasteiger partial charge in [-0.25, -0.2) is 0 Å². The molecule has 1 aliphatic rings. The van der Waals surface area contributed by atoms with E-state index >= 15 is 0 Å². The maximum Gasteiger partial charge on any atom is 0.416 e. The SMILES string of the molecule is CCN1CCN(c2cc3c(NC(C)c4cc(N)cc(C(F)(F)F)c4)nnc(F)c3c(=O)n2C)CC1. The summed E-state index contributed by atoms with van der Waals surface area (Å²) in [5, 5.41) is 10.3. The average Bonchev–Trinajstić information content (AvgIpc) is 2.81. The van der Waals surface area contributed by atoms with Crippen molar-refractivity contribution in [2.24, 2.45) is 7.05 Å². The highest BCUT2D eigenvalue weighted by molar-refractivity contribution is 5.93. The molecular formula is C23H27F4N7O. The summed E-state index contributed by atoms with van der Waals surface area (Å²) in [6.45, 7) is 7.66. The van der Waals surface area contributed by atoms with Crippen molar-refractivity contribution in [1.29, 1.82) is 0 Å². The van der Waals surface area contributed by atoms with Gasteiger partial charge in [-0.2, -0.15) is 17.6 Å². The molecule has 0 saturated carbocycles. The molecule has 0 amide bonds. The van der Waals surface area contributed by atoms with Crippen molar-refractivity contribution < 1.29 is 17.6 Å². The van der Waals surface area contributed by atoms with Crippen LogP contribution in [0.15, 0.2) is 29.1 Å². The van der Waals surface area contributed by atoms with E-state index in [1.807, 2.05) is 4.90 Å². The highest BCUT2D eigenvalue weighted by Crippen LogP contribution is 2.34. The van der Waals surface area contributed by atoms with Gasteiger partial charge in [-0.05, 0) is 43.3 Å². The molecular weight excluding hydrogens is 466 g/mol. The third kappa shape index (κ3) is 4.88. The van der Waals surface area contributed by atoms with E-state index in [9.17, 15) is 22.4 Å². The highest BCUT2D eigenvalue weighted by Gasteiger charge is 2.31. The van der Waals surface area contributed by atoms with Gasteiger partial charge in [-0.1, -0.05) is 6.92 Å². The van der Waals surface area contributed by atoms with Crippen LogP contribution in [0.3, 0.4) is 0 Å². The molecule has 1 aromatic carbocycles. The molecule has 8 nitrogen and oxygen atoms in total. The summed E-state index contributed by atoms with van der Waals surface area (Å²) in [6, 6.07) is 4.25. The van der Waals surface area contributed by atoms with Crippen LogP contribution in [0.5, 0.6) is 0 Å². The zero-order valence-corrected chi connectivity index (χ0v) is 19.7. The number of benzene rings is 1. The fraction of sp³-hybridized carbons (Fsp3) is 0.435. The summed E-state index contributed by atoms with van der Waals surface area (Å²) in [6.07, 6.45) is -4.56. The van der Waals surface area contributed by atoms with Crippen LogP contribution in [-0.4, -0.2) is 52.4 Å². The molecule has 2 aromatic heterocycles. The van der Waals surface area contributed by atoms with Gasteiger partial charge in [-0.3, -0.25) is 9.36 Å². The van der Waals surface area contributed by atoms with E-state index in [0.29, 0.717) is 18.9 Å². The minimum Gasteiger partial charge on any atom is -0.399 e. The monoisotopic (exact) mass is 493 g/mol. The van der Waals surface area contributed by atoms with Crippen LogP contribution in [0, 0.1) is 5.95 Å². The van der Waals surface area contributed by atoms with Gasteiger partial charge in [0.1, 0.15) is 11.2 Å². The predicted octanol–water partition coefficient (Wildman–Crippen LogP) is 3.38. The maximum absolute atomic E-state index is 14.6. The molecule has 0 aliphatic carbocycles. The first-order valence-corrected chi connectivity index (χ1v) is 11.3. The summed E-state index contributed by atoms with van der Waals surface area (Å²) < 4.78 is 55.8. The smallest absolute Gasteiger partial charge is 0.399 e. The number of halogens is 4. The first-order chi connectivity index (χ1) is 16.5. The van der Waals surface area contributed by atoms with Crippen molar-refractivity contribution in [2.45, 2.75) is 26.1 Å². The standard InChI is InChI=1S/C23H27F4N7O/c1-4-33-5-7-34(8-6-33)18-12-17-19(22(35)32(18)3)20(24)30-31-21(17)29-13(2)14-9-15(23(25,26)27)11-16(28)10-14/h9-13H,4-8,28H2,1-3H3,(H,29,31). The molecule has 0 bridgehead atoms. The van der Waals surface area contributed by atoms with Gasteiger partial charge in [0.05, 0.1) is 11.6 Å². The Balaban J connectivity index is 1.75. The summed E-state index contributed by atoms with van der Waals surface area (Å²) in [5.74, 6) is -0.315. The Morgan fingerprint density at radius 3 is 2.43 bits per heavy atom. The summed E-state index contributed by atoms with van der Waals surface area (Å²) in [7, 11) is 1.57. The van der Waals surface area contributed by atoms with E-state index in [1.54, 1.807) is 20.0 Å². The van der Waals surface area contributed by atoms with Crippen molar-refractivity contribution >= 4 is 28.1 Å². The number of hydrogen-bond acceptors (Lipinski definition) is 7. The Hall–Kier alpha value is -3.41. The fourth-order valence-electron chi connectivity index (χ4n) is 4.35. The fourth-order valence-corrected chi connectivity index (χ4v) is 4.35. The molecule has 1 unspecified atom stereocenters. The van der Waals surface area contributed by atoms with Crippen molar-refractivity contribution in [1.82, 2.24) is 19.7 Å². The molecule has 3 N–H and O–H groups in total. The lowest BCUT2D eigenvalue weighted by atomic mass is 10.0. The number of alkyl halides is 3. The van der Waals surface area contributed by atoms with Gasteiger partial charge < -0.3 is 20.9 Å². The van der Waals surface area contributed by atoms with Gasteiger partial charge in [-0.15, -0.1) is 10.2 Å². The average molecular weight is 494 g/mol. The van der Waals surface area contributed by atoms with Crippen LogP contribution in [0.4, 0.5) is 34.9 Å². The van der Waals surface area contributed by atoms with Crippen LogP contribution in [0.2, 0.25) is 0 Å². The Labute approximate surface area is 199 Å². The Morgan fingerprint density at radius 1 is 1.11 bits per heavy atom. The van der Waals surface area contributed by atoms with Crippen molar-refractivity contribution in [3.05, 3.63) is 51.7 Å². The summed E-state index contributed by atoms with van der Waals surface area (Å²) in [4.78, 5) is 17.4. The zero-order valence-electron chi connectivity index (χ0n) is 19.7. The lowest BCUT2D eigenvalue weighted by Gasteiger charge is -2.36. The normalized spacial score (nSPS) is 16.0. The molecule has 188 valence electrons. The van der Waals surface area contributed by atoms with E-state index < -0.39 is 29.3 Å². The van der Waals surface area contributed by atoms with Gasteiger partial charge in [0, 0.05) is 44.3 Å². The lowest BCUT2D eigenvalue weighted by Crippen LogP contribution is -2.47. The topological polar surface area (TPSA) is 92.3 Å². The van der Waals surface area contributed by atoms with Gasteiger partial charge in [0.2, 0.25) is 5.95 Å². The summed E-state index contributed by atoms with van der Waals surface area (Å²) in [5.41, 5.74) is 4.47. The van der Waals surface area contributed by atoms with Crippen LogP contribution in [0.25, 0.3) is 10.8 Å². The number of fused-ring (bicyclic) bond motifs is 1. The van der Waals surface area contributed by atoms with Crippen LogP contribution in [-0.2, 0) is 13.2 Å². The number of piperazine rings is 1. The van der Waals surface area contributed by atoms with Gasteiger partial charge in [0.15, 0.2) is 5.82 Å². The first-order valence-electron chi connectivity index (χ1n) is 11.3. The first kappa shape index (κ1) is 24.7. The molecule has 1 atom stereocenters. The predicted molar refractivity (Wildman–Crippen MR) is 127 cm³/mol. The molecule has 12 heteroatoms. The zero-order chi connectivity index (χ0) is 25.5. The number of nitrogen functional groups attached to an aromatic ring is 1. The van der Waals surface area contributed by atoms with Crippen molar-refractivity contribution in [3.8, 4) is 0 Å². The van der Waals surface area contributed by atoms with E-state index in [4.69, 9.17) is 5.73 Å².